The predicted octanol–water partition coefficient (Wildman–Crippen LogP) is 1.93. The van der Waals surface area contributed by atoms with Gasteiger partial charge in [-0.05, 0) is 23.8 Å². The number of morpholine rings is 1. The number of halogens is 2. The fourth-order valence-electron chi connectivity index (χ4n) is 2.95. The van der Waals surface area contributed by atoms with Gasteiger partial charge in [0.2, 0.25) is 0 Å². The Morgan fingerprint density at radius 3 is 2.60 bits per heavy atom. The highest BCUT2D eigenvalue weighted by Gasteiger charge is 2.17. The van der Waals surface area contributed by atoms with Gasteiger partial charge in [-0.2, -0.15) is 0 Å². The zero-order valence-corrected chi connectivity index (χ0v) is 15.4. The lowest BCUT2D eigenvalue weighted by atomic mass is 10.1. The van der Waals surface area contributed by atoms with Crippen LogP contribution < -0.4 is 10.2 Å². The first-order chi connectivity index (χ1) is 12.1. The summed E-state index contributed by atoms with van der Waals surface area (Å²) >= 11 is 3.19. The summed E-state index contributed by atoms with van der Waals surface area (Å²) in [6, 6.07) is 12.5. The minimum absolute atomic E-state index is 0.0551. The maximum atomic E-state index is 13.9. The number of hydrogen-bond donors (Lipinski definition) is 2. The molecule has 0 atom stereocenters. The molecule has 2 aromatic carbocycles. The van der Waals surface area contributed by atoms with Crippen molar-refractivity contribution in [1.29, 1.82) is 0 Å². The summed E-state index contributed by atoms with van der Waals surface area (Å²) in [5, 5.41) is 2.82. The second-order valence-corrected chi connectivity index (χ2v) is 7.03. The third-order valence-electron chi connectivity index (χ3n) is 4.37. The summed E-state index contributed by atoms with van der Waals surface area (Å²) in [6.07, 6.45) is 0. The lowest BCUT2D eigenvalue weighted by Gasteiger charge is -2.24. The number of hydrogen-bond acceptors (Lipinski definition) is 2. The van der Waals surface area contributed by atoms with Crippen LogP contribution in [0.5, 0.6) is 0 Å². The molecule has 0 bridgehead atoms. The molecule has 0 radical (unpaired) electrons. The third-order valence-corrected chi connectivity index (χ3v) is 4.87. The first kappa shape index (κ1) is 18.0. The standard InChI is InChI=1S/C19H20BrFN2O2/c20-16-5-6-17(18(21)11-16)19(24)22-12-14-3-1-2-4-15(14)13-23-7-9-25-10-8-23/h1-6,11H,7-10,12-13H2,(H,22,24)/p+1. The molecule has 3 rings (SSSR count). The molecular weight excluding hydrogens is 387 g/mol. The maximum absolute atomic E-state index is 13.9. The normalized spacial score (nSPS) is 15.1. The van der Waals surface area contributed by atoms with Crippen molar-refractivity contribution in [1.82, 2.24) is 5.32 Å². The lowest BCUT2D eigenvalue weighted by Crippen LogP contribution is -3.12. The van der Waals surface area contributed by atoms with Gasteiger partial charge in [0, 0.05) is 16.6 Å². The molecule has 6 heteroatoms. The van der Waals surface area contributed by atoms with Crippen LogP contribution in [-0.2, 0) is 17.8 Å². The van der Waals surface area contributed by atoms with Gasteiger partial charge in [-0.3, -0.25) is 4.79 Å². The van der Waals surface area contributed by atoms with Crippen LogP contribution in [0.3, 0.4) is 0 Å². The van der Waals surface area contributed by atoms with Crippen LogP contribution in [0.4, 0.5) is 4.39 Å². The van der Waals surface area contributed by atoms with Gasteiger partial charge in [-0.15, -0.1) is 0 Å². The van der Waals surface area contributed by atoms with E-state index in [4.69, 9.17) is 4.74 Å². The summed E-state index contributed by atoms with van der Waals surface area (Å²) < 4.78 is 19.9. The van der Waals surface area contributed by atoms with E-state index >= 15 is 0 Å². The van der Waals surface area contributed by atoms with Crippen LogP contribution in [0.2, 0.25) is 0 Å². The van der Waals surface area contributed by atoms with E-state index in [0.29, 0.717) is 11.0 Å². The van der Waals surface area contributed by atoms with Gasteiger partial charge >= 0.3 is 0 Å². The molecule has 0 unspecified atom stereocenters. The van der Waals surface area contributed by atoms with E-state index in [2.05, 4.69) is 27.3 Å². The molecule has 1 aliphatic rings. The van der Waals surface area contributed by atoms with Crippen molar-refractivity contribution in [3.05, 3.63) is 69.4 Å². The molecule has 0 saturated carbocycles. The van der Waals surface area contributed by atoms with Gasteiger partial charge in [0.1, 0.15) is 25.5 Å². The maximum Gasteiger partial charge on any atom is 0.254 e. The molecule has 0 aliphatic carbocycles. The fraction of sp³-hybridized carbons (Fsp3) is 0.316. The SMILES string of the molecule is O=C(NCc1ccccc1C[NH+]1CCOCC1)c1ccc(Br)cc1F. The molecular formula is C19H21BrFN2O2+. The number of carbonyl (C=O) groups excluding carboxylic acids is 1. The first-order valence-corrected chi connectivity index (χ1v) is 9.14. The molecule has 1 aliphatic heterocycles. The van der Waals surface area contributed by atoms with Crippen molar-refractivity contribution < 1.29 is 18.8 Å². The van der Waals surface area contributed by atoms with E-state index in [9.17, 15) is 9.18 Å². The topological polar surface area (TPSA) is 42.8 Å². The Balaban J connectivity index is 1.65. The van der Waals surface area contributed by atoms with Crippen LogP contribution >= 0.6 is 15.9 Å². The van der Waals surface area contributed by atoms with Crippen LogP contribution in [0.15, 0.2) is 46.9 Å². The van der Waals surface area contributed by atoms with Gasteiger partial charge in [0.25, 0.3) is 5.91 Å². The molecule has 4 nitrogen and oxygen atoms in total. The second kappa shape index (κ2) is 8.56. The molecule has 0 aromatic heterocycles. The number of amides is 1. The monoisotopic (exact) mass is 407 g/mol. The van der Waals surface area contributed by atoms with Crippen LogP contribution in [-0.4, -0.2) is 32.2 Å². The van der Waals surface area contributed by atoms with Crippen molar-refractivity contribution in [2.45, 2.75) is 13.1 Å². The van der Waals surface area contributed by atoms with E-state index < -0.39 is 11.7 Å². The second-order valence-electron chi connectivity index (χ2n) is 6.11. The van der Waals surface area contributed by atoms with E-state index in [1.807, 2.05) is 18.2 Å². The molecule has 132 valence electrons. The predicted molar refractivity (Wildman–Crippen MR) is 96.9 cm³/mol. The minimum Gasteiger partial charge on any atom is -0.370 e. The fourth-order valence-corrected chi connectivity index (χ4v) is 3.29. The van der Waals surface area contributed by atoms with Crippen molar-refractivity contribution in [2.75, 3.05) is 26.3 Å². The smallest absolute Gasteiger partial charge is 0.254 e. The third kappa shape index (κ3) is 4.87. The molecule has 2 aromatic rings. The highest BCUT2D eigenvalue weighted by Crippen LogP contribution is 2.15. The number of quaternary nitrogens is 1. The van der Waals surface area contributed by atoms with Crippen molar-refractivity contribution >= 4 is 21.8 Å². The van der Waals surface area contributed by atoms with Crippen LogP contribution in [0, 0.1) is 5.82 Å². The van der Waals surface area contributed by atoms with Gasteiger partial charge in [0.15, 0.2) is 0 Å². The van der Waals surface area contributed by atoms with Crippen LogP contribution in [0.25, 0.3) is 0 Å². The Hall–Kier alpha value is -1.76. The highest BCUT2D eigenvalue weighted by molar-refractivity contribution is 9.10. The van der Waals surface area contributed by atoms with E-state index in [1.165, 1.54) is 22.6 Å². The summed E-state index contributed by atoms with van der Waals surface area (Å²) in [5.41, 5.74) is 2.32. The molecule has 1 heterocycles. The number of ether oxygens (including phenoxy) is 1. The Labute approximate surface area is 155 Å². The van der Waals surface area contributed by atoms with E-state index in [1.54, 1.807) is 6.07 Å². The van der Waals surface area contributed by atoms with Gasteiger partial charge < -0.3 is 15.0 Å². The summed E-state index contributed by atoms with van der Waals surface area (Å²) in [5.74, 6) is -0.934. The van der Waals surface area contributed by atoms with Crippen LogP contribution in [0.1, 0.15) is 21.5 Å². The van der Waals surface area contributed by atoms with Gasteiger partial charge in [0.05, 0.1) is 18.8 Å². The largest absolute Gasteiger partial charge is 0.370 e. The molecule has 25 heavy (non-hydrogen) atoms. The number of benzene rings is 2. The Kier molecular flexibility index (Phi) is 6.18. The van der Waals surface area contributed by atoms with Gasteiger partial charge in [-0.25, -0.2) is 4.39 Å². The molecule has 0 spiro atoms. The number of rotatable bonds is 5. The number of carbonyl (C=O) groups is 1. The first-order valence-electron chi connectivity index (χ1n) is 8.35. The average Bonchev–Trinajstić information content (AvgIpc) is 2.61. The average molecular weight is 408 g/mol. The molecule has 1 fully saturated rings. The van der Waals surface area contributed by atoms with E-state index in [-0.39, 0.29) is 5.56 Å². The van der Waals surface area contributed by atoms with Crippen molar-refractivity contribution in [3.63, 3.8) is 0 Å². The summed E-state index contributed by atoms with van der Waals surface area (Å²) in [7, 11) is 0. The zero-order valence-electron chi connectivity index (χ0n) is 13.9. The summed E-state index contributed by atoms with van der Waals surface area (Å²) in [4.78, 5) is 13.7. The Morgan fingerprint density at radius 1 is 1.16 bits per heavy atom. The zero-order chi connectivity index (χ0) is 17.6. The van der Waals surface area contributed by atoms with Crippen molar-refractivity contribution in [2.24, 2.45) is 0 Å². The van der Waals surface area contributed by atoms with Crippen molar-refractivity contribution in [3.8, 4) is 0 Å². The Bertz CT molecular complexity index is 748. The van der Waals surface area contributed by atoms with Gasteiger partial charge in [-0.1, -0.05) is 40.2 Å². The van der Waals surface area contributed by atoms with E-state index in [0.717, 1.165) is 38.4 Å². The Morgan fingerprint density at radius 2 is 1.88 bits per heavy atom. The lowest BCUT2D eigenvalue weighted by molar-refractivity contribution is -0.921. The molecule has 2 N–H and O–H groups in total. The summed E-state index contributed by atoms with van der Waals surface area (Å²) in [6.45, 7) is 4.85. The number of nitrogens with one attached hydrogen (secondary N) is 2. The minimum atomic E-state index is -0.530. The quantitative estimate of drug-likeness (QED) is 0.794. The highest BCUT2D eigenvalue weighted by atomic mass is 79.9. The molecule has 1 saturated heterocycles. The molecule has 1 amide bonds.